The molecule has 0 radical (unpaired) electrons. The van der Waals surface area contributed by atoms with Crippen LogP contribution in [-0.4, -0.2) is 25.5 Å². The second-order valence-corrected chi connectivity index (χ2v) is 4.23. The van der Waals surface area contributed by atoms with Gasteiger partial charge in [-0.25, -0.2) is 0 Å². The van der Waals surface area contributed by atoms with Crippen LogP contribution >= 0.6 is 0 Å². The maximum Gasteiger partial charge on any atom is 0.573 e. The van der Waals surface area contributed by atoms with Crippen LogP contribution in [0.1, 0.15) is 12.8 Å². The number of alkyl halides is 3. The van der Waals surface area contributed by atoms with Gasteiger partial charge in [-0.05, 0) is 31.5 Å². The van der Waals surface area contributed by atoms with E-state index in [1.807, 2.05) is 0 Å². The van der Waals surface area contributed by atoms with Crippen molar-refractivity contribution in [2.75, 3.05) is 18.4 Å². The zero-order chi connectivity index (χ0) is 13.0. The fourth-order valence-corrected chi connectivity index (χ4v) is 1.99. The maximum absolute atomic E-state index is 12.2. The monoisotopic (exact) mass is 260 g/mol. The van der Waals surface area contributed by atoms with Crippen molar-refractivity contribution in [2.24, 2.45) is 0 Å². The SMILES string of the molecule is FC(F)(F)Oc1ccccc1NC1CCCNC1. The molecule has 1 heterocycles. The molecule has 1 aliphatic rings. The van der Waals surface area contributed by atoms with Crippen molar-refractivity contribution in [3.8, 4) is 5.75 Å². The number of rotatable bonds is 3. The Kier molecular flexibility index (Phi) is 3.96. The number of benzene rings is 1. The van der Waals surface area contributed by atoms with Crippen LogP contribution in [0.4, 0.5) is 18.9 Å². The fraction of sp³-hybridized carbons (Fsp3) is 0.500. The van der Waals surface area contributed by atoms with Gasteiger partial charge in [-0.15, -0.1) is 13.2 Å². The zero-order valence-electron chi connectivity index (χ0n) is 9.76. The van der Waals surface area contributed by atoms with Crippen molar-refractivity contribution in [3.63, 3.8) is 0 Å². The Bertz CT molecular complexity index is 389. The highest BCUT2D eigenvalue weighted by Crippen LogP contribution is 2.30. The van der Waals surface area contributed by atoms with E-state index < -0.39 is 6.36 Å². The molecule has 1 saturated heterocycles. The van der Waals surface area contributed by atoms with Crippen LogP contribution in [0.15, 0.2) is 24.3 Å². The number of halogens is 3. The molecule has 3 nitrogen and oxygen atoms in total. The summed E-state index contributed by atoms with van der Waals surface area (Å²) < 4.78 is 40.7. The van der Waals surface area contributed by atoms with Gasteiger partial charge >= 0.3 is 6.36 Å². The van der Waals surface area contributed by atoms with Crippen molar-refractivity contribution in [1.82, 2.24) is 5.32 Å². The van der Waals surface area contributed by atoms with Crippen molar-refractivity contribution in [3.05, 3.63) is 24.3 Å². The minimum Gasteiger partial charge on any atom is -0.404 e. The lowest BCUT2D eigenvalue weighted by Gasteiger charge is -2.25. The lowest BCUT2D eigenvalue weighted by atomic mass is 10.1. The Balaban J connectivity index is 2.06. The van der Waals surface area contributed by atoms with Crippen LogP contribution in [0.2, 0.25) is 0 Å². The predicted octanol–water partition coefficient (Wildman–Crippen LogP) is 2.75. The summed E-state index contributed by atoms with van der Waals surface area (Å²) in [4.78, 5) is 0. The molecule has 0 bridgehead atoms. The van der Waals surface area contributed by atoms with Crippen LogP contribution in [0.5, 0.6) is 5.75 Å². The van der Waals surface area contributed by atoms with Crippen molar-refractivity contribution in [2.45, 2.75) is 25.2 Å². The molecule has 2 rings (SSSR count). The molecule has 0 saturated carbocycles. The maximum atomic E-state index is 12.2. The second-order valence-electron chi connectivity index (χ2n) is 4.23. The number of para-hydroxylation sites is 2. The van der Waals surface area contributed by atoms with E-state index in [1.165, 1.54) is 12.1 Å². The number of hydrogen-bond acceptors (Lipinski definition) is 3. The third-order valence-corrected chi connectivity index (χ3v) is 2.77. The molecule has 100 valence electrons. The molecule has 1 aromatic carbocycles. The summed E-state index contributed by atoms with van der Waals surface area (Å²) in [5, 5.41) is 6.28. The third kappa shape index (κ3) is 3.80. The van der Waals surface area contributed by atoms with Gasteiger partial charge in [0, 0.05) is 12.6 Å². The molecular formula is C12H15F3N2O. The van der Waals surface area contributed by atoms with E-state index in [1.54, 1.807) is 12.1 Å². The number of anilines is 1. The molecule has 0 amide bonds. The average molecular weight is 260 g/mol. The van der Waals surface area contributed by atoms with Crippen LogP contribution in [0, 0.1) is 0 Å². The summed E-state index contributed by atoms with van der Waals surface area (Å²) >= 11 is 0. The third-order valence-electron chi connectivity index (χ3n) is 2.77. The van der Waals surface area contributed by atoms with Crippen molar-refractivity contribution < 1.29 is 17.9 Å². The van der Waals surface area contributed by atoms with Gasteiger partial charge in [0.05, 0.1) is 5.69 Å². The first kappa shape index (κ1) is 13.0. The molecule has 0 aromatic heterocycles. The van der Waals surface area contributed by atoms with E-state index in [4.69, 9.17) is 0 Å². The quantitative estimate of drug-likeness (QED) is 0.876. The van der Waals surface area contributed by atoms with Crippen molar-refractivity contribution >= 4 is 5.69 Å². The molecule has 0 aliphatic carbocycles. The minimum absolute atomic E-state index is 0.136. The van der Waals surface area contributed by atoms with E-state index >= 15 is 0 Å². The van der Waals surface area contributed by atoms with E-state index in [0.29, 0.717) is 5.69 Å². The molecular weight excluding hydrogens is 245 g/mol. The van der Waals surface area contributed by atoms with Gasteiger partial charge in [-0.2, -0.15) is 0 Å². The van der Waals surface area contributed by atoms with Gasteiger partial charge in [0.15, 0.2) is 5.75 Å². The van der Waals surface area contributed by atoms with Crippen molar-refractivity contribution in [1.29, 1.82) is 0 Å². The van der Waals surface area contributed by atoms with Crippen LogP contribution in [0.3, 0.4) is 0 Å². The number of ether oxygens (including phenoxy) is 1. The summed E-state index contributed by atoms with van der Waals surface area (Å²) in [6.07, 6.45) is -2.71. The second kappa shape index (κ2) is 5.48. The first-order valence-corrected chi connectivity index (χ1v) is 5.86. The summed E-state index contributed by atoms with van der Waals surface area (Å²) in [6.45, 7) is 1.71. The first-order valence-electron chi connectivity index (χ1n) is 5.86. The summed E-state index contributed by atoms with van der Waals surface area (Å²) in [6, 6.07) is 6.24. The van der Waals surface area contributed by atoms with Gasteiger partial charge in [0.25, 0.3) is 0 Å². The Morgan fingerprint density at radius 3 is 2.72 bits per heavy atom. The Labute approximate surface area is 103 Å². The number of piperidine rings is 1. The lowest BCUT2D eigenvalue weighted by Crippen LogP contribution is -2.38. The van der Waals surface area contributed by atoms with Crippen LogP contribution in [-0.2, 0) is 0 Å². The van der Waals surface area contributed by atoms with Gasteiger partial charge < -0.3 is 15.4 Å². The molecule has 2 N–H and O–H groups in total. The summed E-state index contributed by atoms with van der Waals surface area (Å²) in [5.41, 5.74) is 0.378. The molecule has 1 aromatic rings. The van der Waals surface area contributed by atoms with E-state index in [-0.39, 0.29) is 11.8 Å². The number of nitrogens with one attached hydrogen (secondary N) is 2. The van der Waals surface area contributed by atoms with Gasteiger partial charge in [0.2, 0.25) is 0 Å². The highest BCUT2D eigenvalue weighted by atomic mass is 19.4. The van der Waals surface area contributed by atoms with E-state index in [0.717, 1.165) is 25.9 Å². The highest BCUT2D eigenvalue weighted by Gasteiger charge is 2.32. The largest absolute Gasteiger partial charge is 0.573 e. The van der Waals surface area contributed by atoms with E-state index in [2.05, 4.69) is 15.4 Å². The van der Waals surface area contributed by atoms with Gasteiger partial charge in [-0.3, -0.25) is 0 Å². The van der Waals surface area contributed by atoms with E-state index in [9.17, 15) is 13.2 Å². The summed E-state index contributed by atoms with van der Waals surface area (Å²) in [7, 11) is 0. The molecule has 0 spiro atoms. The molecule has 1 fully saturated rings. The first-order chi connectivity index (χ1) is 8.54. The standard InChI is InChI=1S/C12H15F3N2O/c13-12(14,15)18-11-6-2-1-5-10(11)17-9-4-3-7-16-8-9/h1-2,5-6,9,16-17H,3-4,7-8H2. The predicted molar refractivity (Wildman–Crippen MR) is 62.6 cm³/mol. The molecule has 6 heteroatoms. The molecule has 1 aliphatic heterocycles. The average Bonchev–Trinajstić information content (AvgIpc) is 2.31. The summed E-state index contributed by atoms with van der Waals surface area (Å²) in [5.74, 6) is -0.185. The Morgan fingerprint density at radius 1 is 1.28 bits per heavy atom. The highest BCUT2D eigenvalue weighted by molar-refractivity contribution is 5.56. The topological polar surface area (TPSA) is 33.3 Å². The minimum atomic E-state index is -4.66. The fourth-order valence-electron chi connectivity index (χ4n) is 1.99. The van der Waals surface area contributed by atoms with Crippen LogP contribution < -0.4 is 15.4 Å². The molecule has 1 unspecified atom stereocenters. The smallest absolute Gasteiger partial charge is 0.404 e. The molecule has 1 atom stereocenters. The van der Waals surface area contributed by atoms with Crippen LogP contribution in [0.25, 0.3) is 0 Å². The Hall–Kier alpha value is -1.43. The van der Waals surface area contributed by atoms with Gasteiger partial charge in [-0.1, -0.05) is 12.1 Å². The normalized spacial score (nSPS) is 20.5. The number of hydrogen-bond donors (Lipinski definition) is 2. The Morgan fingerprint density at radius 2 is 2.06 bits per heavy atom. The molecule has 18 heavy (non-hydrogen) atoms. The van der Waals surface area contributed by atoms with Gasteiger partial charge in [0.1, 0.15) is 0 Å². The lowest BCUT2D eigenvalue weighted by molar-refractivity contribution is -0.274. The zero-order valence-corrected chi connectivity index (χ0v) is 9.76.